The average molecular weight is 224 g/mol. The van der Waals surface area contributed by atoms with Gasteiger partial charge in [-0.3, -0.25) is 0 Å². The number of aromatic nitrogens is 3. The van der Waals surface area contributed by atoms with Crippen LogP contribution in [-0.4, -0.2) is 19.7 Å². The number of aryl methyl sites for hydroxylation is 1. The zero-order valence-electron chi connectivity index (χ0n) is 8.24. The average Bonchev–Trinajstić information content (AvgIpc) is 2.79. The first-order valence-corrected chi connectivity index (χ1v) is 5.22. The molecule has 5 heteroatoms. The normalized spacial score (nSPS) is 18.3. The molecular weight excluding hydrogens is 214 g/mol. The lowest BCUT2D eigenvalue weighted by atomic mass is 10.2. The maximum atomic E-state index is 9.94. The van der Waals surface area contributed by atoms with Crippen molar-refractivity contribution in [3.05, 3.63) is 28.7 Å². The van der Waals surface area contributed by atoms with E-state index in [4.69, 9.17) is 11.6 Å². The Morgan fingerprint density at radius 3 is 2.87 bits per heavy atom. The molecule has 2 heterocycles. The first kappa shape index (κ1) is 9.12. The largest absolute Gasteiger partial charge is 0.384 e. The van der Waals surface area contributed by atoms with Crippen molar-refractivity contribution in [1.82, 2.24) is 14.6 Å². The first-order chi connectivity index (χ1) is 7.08. The lowest BCUT2D eigenvalue weighted by Crippen LogP contribution is -2.09. The Hall–Kier alpha value is -1.13. The molecule has 0 atom stereocenters. The van der Waals surface area contributed by atoms with Crippen LogP contribution < -0.4 is 0 Å². The Morgan fingerprint density at radius 1 is 1.47 bits per heavy atom. The van der Waals surface area contributed by atoms with Crippen LogP contribution >= 0.6 is 11.6 Å². The fourth-order valence-corrected chi connectivity index (χ4v) is 1.89. The first-order valence-electron chi connectivity index (χ1n) is 4.84. The highest BCUT2D eigenvalue weighted by atomic mass is 35.5. The van der Waals surface area contributed by atoms with Crippen LogP contribution in [0, 0.1) is 6.92 Å². The van der Waals surface area contributed by atoms with Gasteiger partial charge in [0.15, 0.2) is 5.65 Å². The van der Waals surface area contributed by atoms with E-state index in [0.717, 1.165) is 18.5 Å². The maximum absolute atomic E-state index is 9.94. The third kappa shape index (κ3) is 1.33. The van der Waals surface area contributed by atoms with Gasteiger partial charge in [-0.2, -0.15) is 5.10 Å². The summed E-state index contributed by atoms with van der Waals surface area (Å²) >= 11 is 6.06. The summed E-state index contributed by atoms with van der Waals surface area (Å²) in [6.07, 6.45) is 1.53. The number of halogens is 1. The van der Waals surface area contributed by atoms with Gasteiger partial charge < -0.3 is 5.11 Å². The Kier molecular flexibility index (Phi) is 1.65. The standard InChI is InChI=1S/C10H10ClN3O/c1-6-4-9-12-7(10(15)2-3-10)5-8(11)14(9)13-6/h4-5,15H,2-3H2,1H3. The van der Waals surface area contributed by atoms with Crippen molar-refractivity contribution < 1.29 is 5.11 Å². The van der Waals surface area contributed by atoms with Crippen molar-refractivity contribution in [2.24, 2.45) is 0 Å². The molecule has 1 saturated carbocycles. The van der Waals surface area contributed by atoms with E-state index >= 15 is 0 Å². The van der Waals surface area contributed by atoms with E-state index in [1.807, 2.05) is 13.0 Å². The Bertz CT molecular complexity index is 545. The summed E-state index contributed by atoms with van der Waals surface area (Å²) in [4.78, 5) is 4.36. The van der Waals surface area contributed by atoms with Crippen LogP contribution in [0.4, 0.5) is 0 Å². The van der Waals surface area contributed by atoms with E-state index in [0.29, 0.717) is 16.5 Å². The van der Waals surface area contributed by atoms with Crippen LogP contribution in [0.15, 0.2) is 12.1 Å². The number of rotatable bonds is 1. The summed E-state index contributed by atoms with van der Waals surface area (Å²) in [6.45, 7) is 1.89. The van der Waals surface area contributed by atoms with Crippen LogP contribution in [0.5, 0.6) is 0 Å². The molecule has 0 aromatic carbocycles. The predicted octanol–water partition coefficient (Wildman–Crippen LogP) is 1.67. The third-order valence-corrected chi connectivity index (χ3v) is 2.98. The van der Waals surface area contributed by atoms with Crippen molar-refractivity contribution in [2.45, 2.75) is 25.4 Å². The number of hydrogen-bond donors (Lipinski definition) is 1. The van der Waals surface area contributed by atoms with Gasteiger partial charge in [-0.1, -0.05) is 11.6 Å². The summed E-state index contributed by atoms with van der Waals surface area (Å²) in [7, 11) is 0. The quantitative estimate of drug-likeness (QED) is 0.749. The molecule has 0 spiro atoms. The van der Waals surface area contributed by atoms with Gasteiger partial charge in [0.25, 0.3) is 0 Å². The van der Waals surface area contributed by atoms with Crippen molar-refractivity contribution in [2.75, 3.05) is 0 Å². The highest BCUT2D eigenvalue weighted by Crippen LogP contribution is 2.44. The van der Waals surface area contributed by atoms with Gasteiger partial charge in [0.05, 0.1) is 11.4 Å². The molecule has 0 bridgehead atoms. The molecule has 0 amide bonds. The SMILES string of the molecule is Cc1cc2nc(C3(O)CC3)cc(Cl)n2n1. The molecule has 0 unspecified atom stereocenters. The molecule has 0 radical (unpaired) electrons. The molecule has 2 aromatic rings. The molecule has 1 fully saturated rings. The lowest BCUT2D eigenvalue weighted by Gasteiger charge is -2.07. The van der Waals surface area contributed by atoms with E-state index in [-0.39, 0.29) is 0 Å². The van der Waals surface area contributed by atoms with Crippen molar-refractivity contribution in [3.8, 4) is 0 Å². The van der Waals surface area contributed by atoms with E-state index in [9.17, 15) is 5.11 Å². The van der Waals surface area contributed by atoms with Gasteiger partial charge >= 0.3 is 0 Å². The number of nitrogens with zero attached hydrogens (tertiary/aromatic N) is 3. The Morgan fingerprint density at radius 2 is 2.20 bits per heavy atom. The van der Waals surface area contributed by atoms with Crippen molar-refractivity contribution in [3.63, 3.8) is 0 Å². The molecule has 3 rings (SSSR count). The highest BCUT2D eigenvalue weighted by Gasteiger charge is 2.44. The molecule has 15 heavy (non-hydrogen) atoms. The van der Waals surface area contributed by atoms with E-state index in [1.165, 1.54) is 0 Å². The second-order valence-electron chi connectivity index (χ2n) is 4.05. The smallest absolute Gasteiger partial charge is 0.157 e. The molecule has 2 aromatic heterocycles. The minimum atomic E-state index is -0.746. The molecule has 1 aliphatic rings. The number of aliphatic hydroxyl groups is 1. The molecule has 4 nitrogen and oxygen atoms in total. The Labute approximate surface area is 91.5 Å². The topological polar surface area (TPSA) is 50.4 Å². The summed E-state index contributed by atoms with van der Waals surface area (Å²) in [5.74, 6) is 0. The number of fused-ring (bicyclic) bond motifs is 1. The highest BCUT2D eigenvalue weighted by molar-refractivity contribution is 6.29. The summed E-state index contributed by atoms with van der Waals surface area (Å²) in [5.41, 5.74) is 1.46. The minimum absolute atomic E-state index is 0.489. The molecule has 1 N–H and O–H groups in total. The van der Waals surface area contributed by atoms with Gasteiger partial charge in [0.1, 0.15) is 10.8 Å². The molecular formula is C10H10ClN3O. The van der Waals surface area contributed by atoms with Gasteiger partial charge in [-0.25, -0.2) is 9.50 Å². The summed E-state index contributed by atoms with van der Waals surface area (Å²) < 4.78 is 1.58. The van der Waals surface area contributed by atoms with Crippen molar-refractivity contribution >= 4 is 17.2 Å². The lowest BCUT2D eigenvalue weighted by molar-refractivity contribution is 0.146. The van der Waals surface area contributed by atoms with Gasteiger partial charge in [0.2, 0.25) is 0 Å². The minimum Gasteiger partial charge on any atom is -0.384 e. The zero-order chi connectivity index (χ0) is 10.6. The van der Waals surface area contributed by atoms with E-state index < -0.39 is 5.60 Å². The van der Waals surface area contributed by atoms with Gasteiger partial charge in [-0.15, -0.1) is 0 Å². The molecule has 0 saturated heterocycles. The summed E-state index contributed by atoms with van der Waals surface area (Å²) in [6, 6.07) is 3.54. The van der Waals surface area contributed by atoms with Crippen LogP contribution in [0.1, 0.15) is 24.2 Å². The summed E-state index contributed by atoms with van der Waals surface area (Å²) in [5, 5.41) is 14.6. The van der Waals surface area contributed by atoms with Crippen LogP contribution in [0.25, 0.3) is 5.65 Å². The van der Waals surface area contributed by atoms with E-state index in [1.54, 1.807) is 10.6 Å². The second kappa shape index (κ2) is 2.71. The number of hydrogen-bond acceptors (Lipinski definition) is 3. The maximum Gasteiger partial charge on any atom is 0.157 e. The molecule has 78 valence electrons. The van der Waals surface area contributed by atoms with Gasteiger partial charge in [0, 0.05) is 12.1 Å². The fraction of sp³-hybridized carbons (Fsp3) is 0.400. The Balaban J connectivity index is 2.26. The molecule has 0 aliphatic heterocycles. The molecule has 1 aliphatic carbocycles. The predicted molar refractivity (Wildman–Crippen MR) is 55.9 cm³/mol. The monoisotopic (exact) mass is 223 g/mol. The van der Waals surface area contributed by atoms with Crippen LogP contribution in [0.3, 0.4) is 0 Å². The third-order valence-electron chi connectivity index (χ3n) is 2.71. The second-order valence-corrected chi connectivity index (χ2v) is 4.44. The van der Waals surface area contributed by atoms with Crippen LogP contribution in [-0.2, 0) is 5.60 Å². The van der Waals surface area contributed by atoms with E-state index in [2.05, 4.69) is 10.1 Å². The van der Waals surface area contributed by atoms with Gasteiger partial charge in [-0.05, 0) is 19.8 Å². The zero-order valence-corrected chi connectivity index (χ0v) is 8.99. The van der Waals surface area contributed by atoms with Crippen LogP contribution in [0.2, 0.25) is 5.15 Å². The fourth-order valence-electron chi connectivity index (χ4n) is 1.67. The van der Waals surface area contributed by atoms with Crippen molar-refractivity contribution in [1.29, 1.82) is 0 Å².